The van der Waals surface area contributed by atoms with E-state index in [0.29, 0.717) is 6.54 Å². The molecule has 0 saturated carbocycles. The molecular formula is C17H21N. The molecule has 0 bridgehead atoms. The quantitative estimate of drug-likeness (QED) is 0.838. The molecular weight excluding hydrogens is 218 g/mol. The maximum Gasteiger partial charge on any atom is 0.0178 e. The molecule has 0 radical (unpaired) electrons. The minimum Gasteiger partial charge on any atom is -0.326 e. The lowest BCUT2D eigenvalue weighted by atomic mass is 9.86. The average Bonchev–Trinajstić information content (AvgIpc) is 2.38. The first-order valence-electron chi connectivity index (χ1n) is 6.40. The van der Waals surface area contributed by atoms with Crippen LogP contribution in [0.5, 0.6) is 0 Å². The molecule has 94 valence electrons. The third-order valence-electron chi connectivity index (χ3n) is 3.25. The van der Waals surface area contributed by atoms with Gasteiger partial charge in [0, 0.05) is 6.54 Å². The van der Waals surface area contributed by atoms with Crippen LogP contribution in [0.2, 0.25) is 0 Å². The van der Waals surface area contributed by atoms with E-state index in [1.807, 2.05) is 0 Å². The monoisotopic (exact) mass is 239 g/mol. The van der Waals surface area contributed by atoms with Gasteiger partial charge in [0.1, 0.15) is 0 Å². The summed E-state index contributed by atoms with van der Waals surface area (Å²) in [5.74, 6) is 0. The highest BCUT2D eigenvalue weighted by Gasteiger charge is 2.12. The summed E-state index contributed by atoms with van der Waals surface area (Å²) < 4.78 is 0. The summed E-state index contributed by atoms with van der Waals surface area (Å²) in [4.78, 5) is 0. The Morgan fingerprint density at radius 2 is 1.56 bits per heavy atom. The molecule has 2 aromatic rings. The maximum absolute atomic E-state index is 5.68. The van der Waals surface area contributed by atoms with Crippen molar-refractivity contribution in [2.75, 3.05) is 0 Å². The number of hydrogen-bond acceptors (Lipinski definition) is 1. The summed E-state index contributed by atoms with van der Waals surface area (Å²) in [6, 6.07) is 17.2. The summed E-state index contributed by atoms with van der Waals surface area (Å²) in [5.41, 5.74) is 10.9. The van der Waals surface area contributed by atoms with Gasteiger partial charge in [0.15, 0.2) is 0 Å². The third-order valence-corrected chi connectivity index (χ3v) is 3.25. The highest BCUT2D eigenvalue weighted by molar-refractivity contribution is 5.64. The van der Waals surface area contributed by atoms with Crippen molar-refractivity contribution in [3.8, 4) is 11.1 Å². The molecule has 2 N–H and O–H groups in total. The second-order valence-corrected chi connectivity index (χ2v) is 5.73. The predicted octanol–water partition coefficient (Wildman–Crippen LogP) is 4.11. The molecule has 0 saturated heterocycles. The fourth-order valence-corrected chi connectivity index (χ4v) is 2.04. The normalized spacial score (nSPS) is 11.6. The molecule has 0 unspecified atom stereocenters. The van der Waals surface area contributed by atoms with Crippen LogP contribution < -0.4 is 5.73 Å². The van der Waals surface area contributed by atoms with Gasteiger partial charge in [0.25, 0.3) is 0 Å². The van der Waals surface area contributed by atoms with E-state index in [1.165, 1.54) is 22.3 Å². The Morgan fingerprint density at radius 1 is 0.889 bits per heavy atom. The number of nitrogens with two attached hydrogens (primary N) is 1. The van der Waals surface area contributed by atoms with Crippen LogP contribution in [0.1, 0.15) is 31.9 Å². The Labute approximate surface area is 110 Å². The molecule has 18 heavy (non-hydrogen) atoms. The molecule has 0 amide bonds. The molecule has 0 spiro atoms. The van der Waals surface area contributed by atoms with Gasteiger partial charge in [-0.05, 0) is 33.7 Å². The second kappa shape index (κ2) is 4.95. The Kier molecular flexibility index (Phi) is 3.53. The van der Waals surface area contributed by atoms with Crippen molar-refractivity contribution < 1.29 is 0 Å². The van der Waals surface area contributed by atoms with Crippen LogP contribution in [-0.2, 0) is 12.0 Å². The summed E-state index contributed by atoms with van der Waals surface area (Å²) in [6.07, 6.45) is 0. The van der Waals surface area contributed by atoms with Gasteiger partial charge >= 0.3 is 0 Å². The number of benzene rings is 2. The van der Waals surface area contributed by atoms with Crippen molar-refractivity contribution in [3.05, 3.63) is 59.7 Å². The molecule has 0 aliphatic rings. The van der Waals surface area contributed by atoms with E-state index < -0.39 is 0 Å². The average molecular weight is 239 g/mol. The summed E-state index contributed by atoms with van der Waals surface area (Å²) in [6.45, 7) is 7.29. The van der Waals surface area contributed by atoms with E-state index in [2.05, 4.69) is 69.3 Å². The number of rotatable bonds is 2. The molecule has 0 heterocycles. The summed E-state index contributed by atoms with van der Waals surface area (Å²) in [5, 5.41) is 0. The smallest absolute Gasteiger partial charge is 0.0178 e. The minimum atomic E-state index is 0.206. The Bertz CT molecular complexity index is 518. The fourth-order valence-electron chi connectivity index (χ4n) is 2.04. The van der Waals surface area contributed by atoms with Crippen molar-refractivity contribution in [2.24, 2.45) is 5.73 Å². The van der Waals surface area contributed by atoms with Crippen LogP contribution in [0.25, 0.3) is 11.1 Å². The van der Waals surface area contributed by atoms with E-state index in [1.54, 1.807) is 0 Å². The van der Waals surface area contributed by atoms with E-state index >= 15 is 0 Å². The van der Waals surface area contributed by atoms with Crippen LogP contribution in [0.4, 0.5) is 0 Å². The third kappa shape index (κ3) is 2.80. The minimum absolute atomic E-state index is 0.206. The van der Waals surface area contributed by atoms with Crippen molar-refractivity contribution in [1.82, 2.24) is 0 Å². The topological polar surface area (TPSA) is 26.0 Å². The zero-order chi connectivity index (χ0) is 13.2. The molecule has 0 aromatic heterocycles. The zero-order valence-electron chi connectivity index (χ0n) is 11.4. The largest absolute Gasteiger partial charge is 0.326 e. The lowest BCUT2D eigenvalue weighted by Crippen LogP contribution is -2.10. The molecule has 0 fully saturated rings. The van der Waals surface area contributed by atoms with E-state index in [0.717, 1.165) is 0 Å². The standard InChI is InChI=1S/C17H21N/c1-17(2,3)16-9-7-14(8-10-16)15-6-4-5-13(11-15)12-18/h4-11H,12,18H2,1-3H3. The Morgan fingerprint density at radius 3 is 2.11 bits per heavy atom. The van der Waals surface area contributed by atoms with E-state index in [4.69, 9.17) is 5.73 Å². The van der Waals surface area contributed by atoms with Gasteiger partial charge in [0.2, 0.25) is 0 Å². The second-order valence-electron chi connectivity index (χ2n) is 5.73. The molecule has 0 aliphatic heterocycles. The lowest BCUT2D eigenvalue weighted by Gasteiger charge is -2.19. The van der Waals surface area contributed by atoms with Crippen molar-refractivity contribution >= 4 is 0 Å². The number of hydrogen-bond donors (Lipinski definition) is 1. The van der Waals surface area contributed by atoms with Crippen LogP contribution in [0.15, 0.2) is 48.5 Å². The first kappa shape index (κ1) is 12.8. The first-order chi connectivity index (χ1) is 8.50. The Hall–Kier alpha value is -1.60. The van der Waals surface area contributed by atoms with Gasteiger partial charge in [0.05, 0.1) is 0 Å². The van der Waals surface area contributed by atoms with Crippen LogP contribution in [-0.4, -0.2) is 0 Å². The highest BCUT2D eigenvalue weighted by atomic mass is 14.5. The fraction of sp³-hybridized carbons (Fsp3) is 0.294. The van der Waals surface area contributed by atoms with E-state index in [-0.39, 0.29) is 5.41 Å². The molecule has 2 rings (SSSR count). The van der Waals surface area contributed by atoms with Crippen LogP contribution in [0.3, 0.4) is 0 Å². The summed E-state index contributed by atoms with van der Waals surface area (Å²) in [7, 11) is 0. The molecule has 1 nitrogen and oxygen atoms in total. The predicted molar refractivity (Wildman–Crippen MR) is 78.5 cm³/mol. The highest BCUT2D eigenvalue weighted by Crippen LogP contribution is 2.26. The van der Waals surface area contributed by atoms with Gasteiger partial charge in [-0.1, -0.05) is 63.2 Å². The van der Waals surface area contributed by atoms with Crippen LogP contribution >= 0.6 is 0 Å². The van der Waals surface area contributed by atoms with Gasteiger partial charge in [-0.2, -0.15) is 0 Å². The van der Waals surface area contributed by atoms with Gasteiger partial charge < -0.3 is 5.73 Å². The van der Waals surface area contributed by atoms with Crippen molar-refractivity contribution in [1.29, 1.82) is 0 Å². The van der Waals surface area contributed by atoms with Crippen molar-refractivity contribution in [3.63, 3.8) is 0 Å². The summed E-state index contributed by atoms with van der Waals surface area (Å²) >= 11 is 0. The van der Waals surface area contributed by atoms with Crippen molar-refractivity contribution in [2.45, 2.75) is 32.7 Å². The Balaban J connectivity index is 2.34. The zero-order valence-corrected chi connectivity index (χ0v) is 11.4. The molecule has 1 heteroatoms. The van der Waals surface area contributed by atoms with Gasteiger partial charge in [-0.15, -0.1) is 0 Å². The lowest BCUT2D eigenvalue weighted by molar-refractivity contribution is 0.590. The SMILES string of the molecule is CC(C)(C)c1ccc(-c2cccc(CN)c2)cc1. The molecule has 0 aliphatic carbocycles. The molecule has 2 aromatic carbocycles. The van der Waals surface area contributed by atoms with Gasteiger partial charge in [-0.3, -0.25) is 0 Å². The molecule has 0 atom stereocenters. The van der Waals surface area contributed by atoms with Crippen LogP contribution in [0, 0.1) is 0 Å². The van der Waals surface area contributed by atoms with E-state index in [9.17, 15) is 0 Å². The van der Waals surface area contributed by atoms with Gasteiger partial charge in [-0.25, -0.2) is 0 Å². The maximum atomic E-state index is 5.68. The first-order valence-corrected chi connectivity index (χ1v) is 6.40.